The van der Waals surface area contributed by atoms with Crippen LogP contribution in [0.5, 0.6) is 0 Å². The Morgan fingerprint density at radius 3 is 2.54 bits per heavy atom. The molecule has 0 radical (unpaired) electrons. The number of rotatable bonds is 4. The lowest BCUT2D eigenvalue weighted by atomic mass is 9.46. The van der Waals surface area contributed by atoms with E-state index in [1.165, 1.54) is 5.57 Å². The summed E-state index contributed by atoms with van der Waals surface area (Å²) in [6, 6.07) is 9.23. The minimum absolute atomic E-state index is 0.0784. The van der Waals surface area contributed by atoms with Crippen LogP contribution in [0.15, 0.2) is 47.1 Å². The topological polar surface area (TPSA) is 88.3 Å². The van der Waals surface area contributed by atoms with Crippen LogP contribution in [0.3, 0.4) is 0 Å². The van der Waals surface area contributed by atoms with Gasteiger partial charge in [0.2, 0.25) is 0 Å². The lowest BCUT2D eigenvalue weighted by Gasteiger charge is -2.59. The van der Waals surface area contributed by atoms with E-state index in [4.69, 9.17) is 9.47 Å². The number of fused-ring (bicyclic) bond motifs is 5. The monoisotopic (exact) mass is 481 g/mol. The molecule has 0 unspecified atom stereocenters. The van der Waals surface area contributed by atoms with Crippen molar-refractivity contribution in [3.8, 4) is 0 Å². The van der Waals surface area contributed by atoms with Gasteiger partial charge < -0.3 is 19.8 Å². The van der Waals surface area contributed by atoms with E-state index in [1.54, 1.807) is 26.2 Å². The zero-order chi connectivity index (χ0) is 25.0. The van der Waals surface area contributed by atoms with Crippen molar-refractivity contribution in [1.29, 1.82) is 0 Å². The largest absolute Gasteiger partial charge is 0.458 e. The summed E-state index contributed by atoms with van der Waals surface area (Å²) < 4.78 is 12.0. The lowest BCUT2D eigenvalue weighted by molar-refractivity contribution is -0.131. The van der Waals surface area contributed by atoms with Crippen LogP contribution in [0, 0.1) is 28.6 Å². The van der Waals surface area contributed by atoms with Gasteiger partial charge in [-0.25, -0.2) is 4.79 Å². The smallest absolute Gasteiger partial charge is 0.338 e. The standard InChI is InChI=1S/C29H39NO5/c1-18(30-33)29(34-4)25(31)17-24-22-11-10-20-16-21(35-26(32)19-8-6-5-7-9-19)12-14-27(20,2)23(22)13-15-28(24,29)3/h5-10,21-25,31,33H,11-17H2,1-4H3/b30-18-/t21-,22-,23+,24+,25-,27+,28+,29+/m1/s1. The van der Waals surface area contributed by atoms with Gasteiger partial charge in [-0.1, -0.05) is 48.9 Å². The lowest BCUT2D eigenvalue weighted by Crippen LogP contribution is -2.60. The number of hydrogen-bond acceptors (Lipinski definition) is 6. The van der Waals surface area contributed by atoms with Crippen LogP contribution in [-0.2, 0) is 9.47 Å². The highest BCUT2D eigenvalue weighted by atomic mass is 16.5. The summed E-state index contributed by atoms with van der Waals surface area (Å²) in [5.74, 6) is 1.02. The molecule has 2 N–H and O–H groups in total. The van der Waals surface area contributed by atoms with E-state index in [0.29, 0.717) is 29.5 Å². The van der Waals surface area contributed by atoms with Crippen LogP contribution in [0.2, 0.25) is 0 Å². The second kappa shape index (κ2) is 8.74. The molecule has 4 aliphatic rings. The first-order valence-electron chi connectivity index (χ1n) is 13.1. The van der Waals surface area contributed by atoms with Crippen molar-refractivity contribution in [2.45, 2.75) is 83.5 Å². The number of carbonyl (C=O) groups is 1. The second-order valence-corrected chi connectivity index (χ2v) is 11.7. The van der Waals surface area contributed by atoms with Crippen molar-refractivity contribution in [3.05, 3.63) is 47.5 Å². The average molecular weight is 482 g/mol. The number of ether oxygens (including phenoxy) is 2. The molecule has 0 aromatic heterocycles. The Morgan fingerprint density at radius 1 is 1.11 bits per heavy atom. The van der Waals surface area contributed by atoms with Gasteiger partial charge in [0.05, 0.1) is 17.4 Å². The average Bonchev–Trinajstić information content (AvgIpc) is 3.10. The van der Waals surface area contributed by atoms with Gasteiger partial charge in [0, 0.05) is 18.9 Å². The third-order valence-electron chi connectivity index (χ3n) is 10.5. The molecule has 0 heterocycles. The number of aliphatic hydroxyl groups is 1. The van der Waals surface area contributed by atoms with Crippen LogP contribution in [0.1, 0.15) is 76.1 Å². The number of nitrogens with zero attached hydrogens (tertiary/aromatic N) is 1. The summed E-state index contributed by atoms with van der Waals surface area (Å²) in [7, 11) is 1.63. The number of allylic oxidation sites excluding steroid dienone is 1. The molecule has 1 aromatic rings. The molecule has 0 bridgehead atoms. The number of aliphatic hydroxyl groups excluding tert-OH is 1. The maximum atomic E-state index is 12.6. The third-order valence-corrected chi connectivity index (χ3v) is 10.5. The fourth-order valence-corrected chi connectivity index (χ4v) is 8.77. The van der Waals surface area contributed by atoms with Gasteiger partial charge in [-0.2, -0.15) is 0 Å². The molecule has 4 aliphatic carbocycles. The van der Waals surface area contributed by atoms with E-state index < -0.39 is 11.7 Å². The maximum absolute atomic E-state index is 12.6. The highest BCUT2D eigenvalue weighted by Crippen LogP contribution is 2.68. The molecule has 1 aromatic carbocycles. The molecule has 6 heteroatoms. The predicted octanol–water partition coefficient (Wildman–Crippen LogP) is 5.38. The Labute approximate surface area is 208 Å². The van der Waals surface area contributed by atoms with Gasteiger partial charge >= 0.3 is 5.97 Å². The summed E-state index contributed by atoms with van der Waals surface area (Å²) in [5.41, 5.74) is 1.35. The molecule has 0 aliphatic heterocycles. The van der Waals surface area contributed by atoms with Gasteiger partial charge in [-0.3, -0.25) is 0 Å². The quantitative estimate of drug-likeness (QED) is 0.198. The summed E-state index contributed by atoms with van der Waals surface area (Å²) in [6.07, 6.45) is 7.93. The number of carbonyl (C=O) groups excluding carboxylic acids is 1. The van der Waals surface area contributed by atoms with Gasteiger partial charge in [0.15, 0.2) is 0 Å². The number of benzene rings is 1. The van der Waals surface area contributed by atoms with Crippen LogP contribution < -0.4 is 0 Å². The summed E-state index contributed by atoms with van der Waals surface area (Å²) in [4.78, 5) is 12.6. The van der Waals surface area contributed by atoms with Crippen molar-refractivity contribution in [2.24, 2.45) is 33.7 Å². The van der Waals surface area contributed by atoms with Gasteiger partial charge in [0.1, 0.15) is 11.7 Å². The van der Waals surface area contributed by atoms with Crippen LogP contribution >= 0.6 is 0 Å². The van der Waals surface area contributed by atoms with E-state index in [9.17, 15) is 15.1 Å². The Kier molecular flexibility index (Phi) is 6.12. The fraction of sp³-hybridized carbons (Fsp3) is 0.655. The van der Waals surface area contributed by atoms with Gasteiger partial charge in [-0.15, -0.1) is 0 Å². The molecule has 8 atom stereocenters. The van der Waals surface area contributed by atoms with E-state index in [0.717, 1.165) is 38.5 Å². The number of oxime groups is 1. The molecule has 0 amide bonds. The Hall–Kier alpha value is -2.18. The molecular formula is C29H39NO5. The van der Waals surface area contributed by atoms with Crippen molar-refractivity contribution < 1.29 is 24.6 Å². The first-order valence-corrected chi connectivity index (χ1v) is 13.1. The van der Waals surface area contributed by atoms with Crippen molar-refractivity contribution in [1.82, 2.24) is 0 Å². The van der Waals surface area contributed by atoms with Gasteiger partial charge in [-0.05, 0) is 80.8 Å². The molecular weight excluding hydrogens is 442 g/mol. The van der Waals surface area contributed by atoms with E-state index in [-0.39, 0.29) is 28.8 Å². The third kappa shape index (κ3) is 3.43. The molecule has 6 nitrogen and oxygen atoms in total. The zero-order valence-corrected chi connectivity index (χ0v) is 21.4. The Bertz CT molecular complexity index is 1040. The molecule has 3 saturated carbocycles. The van der Waals surface area contributed by atoms with E-state index in [2.05, 4.69) is 25.1 Å². The first-order chi connectivity index (χ1) is 16.7. The van der Waals surface area contributed by atoms with Crippen molar-refractivity contribution in [3.63, 3.8) is 0 Å². The summed E-state index contributed by atoms with van der Waals surface area (Å²) >= 11 is 0. The number of hydrogen-bond donors (Lipinski definition) is 2. The van der Waals surface area contributed by atoms with Crippen molar-refractivity contribution in [2.75, 3.05) is 7.11 Å². The second-order valence-electron chi connectivity index (χ2n) is 11.7. The molecule has 0 saturated heterocycles. The van der Waals surface area contributed by atoms with Crippen LogP contribution in [-0.4, -0.2) is 46.9 Å². The minimum atomic E-state index is -0.953. The molecule has 0 spiro atoms. The normalized spacial score (nSPS) is 42.9. The van der Waals surface area contributed by atoms with E-state index in [1.807, 2.05) is 18.2 Å². The molecule has 3 fully saturated rings. The summed E-state index contributed by atoms with van der Waals surface area (Å²) in [6.45, 7) is 6.40. The number of methoxy groups -OCH3 is 1. The van der Waals surface area contributed by atoms with Crippen molar-refractivity contribution >= 4 is 11.7 Å². The maximum Gasteiger partial charge on any atom is 0.338 e. The summed E-state index contributed by atoms with van der Waals surface area (Å²) in [5, 5.41) is 24.4. The van der Waals surface area contributed by atoms with Crippen LogP contribution in [0.4, 0.5) is 0 Å². The zero-order valence-electron chi connectivity index (χ0n) is 21.4. The fourth-order valence-electron chi connectivity index (χ4n) is 8.77. The Morgan fingerprint density at radius 2 is 1.86 bits per heavy atom. The van der Waals surface area contributed by atoms with Gasteiger partial charge in [0.25, 0.3) is 0 Å². The number of esters is 1. The molecule has 5 rings (SSSR count). The highest BCUT2D eigenvalue weighted by Gasteiger charge is 2.69. The minimum Gasteiger partial charge on any atom is -0.458 e. The molecule has 190 valence electrons. The highest BCUT2D eigenvalue weighted by molar-refractivity contribution is 5.92. The Balaban J connectivity index is 1.38. The first kappa shape index (κ1) is 24.5. The van der Waals surface area contributed by atoms with E-state index >= 15 is 0 Å². The SMILES string of the molecule is CO[C@@]1(/C(C)=N\O)[C@H](O)C[C@H]2[C@@H]3CC=C4C[C@H](OC(=O)c5ccccc5)CC[C@]4(C)[C@H]3CC[C@@]21C. The predicted molar refractivity (Wildman–Crippen MR) is 133 cm³/mol. The van der Waals surface area contributed by atoms with Crippen LogP contribution in [0.25, 0.3) is 0 Å². The molecule has 35 heavy (non-hydrogen) atoms.